The Bertz CT molecular complexity index is 202. The lowest BCUT2D eigenvalue weighted by molar-refractivity contribution is 0.622. The van der Waals surface area contributed by atoms with Gasteiger partial charge in [0.1, 0.15) is 11.9 Å². The fourth-order valence-corrected chi connectivity index (χ4v) is 0.691. The highest BCUT2D eigenvalue weighted by Gasteiger charge is 1.93. The first-order valence-electron chi connectivity index (χ1n) is 2.47. The molecule has 0 aromatic heterocycles. The molecule has 1 aromatic carbocycles. The van der Waals surface area contributed by atoms with Gasteiger partial charge in [0.15, 0.2) is 5.75 Å². The van der Waals surface area contributed by atoms with E-state index in [2.05, 4.69) is 4.29 Å². The quantitative estimate of drug-likeness (QED) is 0.609. The van der Waals surface area contributed by atoms with E-state index in [0.717, 1.165) is 0 Å². The van der Waals surface area contributed by atoms with Crippen LogP contribution in [0.5, 0.6) is 5.75 Å². The van der Waals surface area contributed by atoms with E-state index in [-0.39, 0.29) is 0 Å². The molecular formula is C6H6ClNO. The van der Waals surface area contributed by atoms with Crippen molar-refractivity contribution in [1.82, 2.24) is 0 Å². The van der Waals surface area contributed by atoms with Crippen LogP contribution >= 0.6 is 11.9 Å². The fraction of sp³-hybridized carbons (Fsp3) is 0. The molecule has 0 radical (unpaired) electrons. The number of hydrogen-bond donors (Lipinski definition) is 1. The van der Waals surface area contributed by atoms with E-state index in [1.165, 1.54) is 0 Å². The number of rotatable bonds is 1. The summed E-state index contributed by atoms with van der Waals surface area (Å²) >= 11 is 5.05. The lowest BCUT2D eigenvalue weighted by atomic mass is 10.3. The van der Waals surface area contributed by atoms with Gasteiger partial charge in [-0.1, -0.05) is 12.1 Å². The maximum Gasteiger partial charge on any atom is 0.169 e. The van der Waals surface area contributed by atoms with Crippen LogP contribution in [0.1, 0.15) is 0 Å². The summed E-state index contributed by atoms with van der Waals surface area (Å²) < 4.78 is 4.39. The Balaban J connectivity index is 3.01. The molecule has 0 amide bonds. The third-order valence-corrected chi connectivity index (χ3v) is 1.17. The van der Waals surface area contributed by atoms with Gasteiger partial charge < -0.3 is 10.0 Å². The van der Waals surface area contributed by atoms with Gasteiger partial charge in [-0.25, -0.2) is 0 Å². The maximum absolute atomic E-state index is 5.42. The molecule has 0 aliphatic rings. The zero-order chi connectivity index (χ0) is 6.69. The molecule has 0 fully saturated rings. The Hall–Kier alpha value is -0.890. The van der Waals surface area contributed by atoms with E-state index in [4.69, 9.17) is 17.6 Å². The molecule has 0 saturated carbocycles. The van der Waals surface area contributed by atoms with Crippen molar-refractivity contribution in [3.63, 3.8) is 0 Å². The van der Waals surface area contributed by atoms with Crippen molar-refractivity contribution >= 4 is 17.6 Å². The van der Waals surface area contributed by atoms with Crippen molar-refractivity contribution in [2.45, 2.75) is 0 Å². The first kappa shape index (κ1) is 6.23. The lowest BCUT2D eigenvalue weighted by Crippen LogP contribution is -1.86. The average Bonchev–Trinajstić information content (AvgIpc) is 1.89. The van der Waals surface area contributed by atoms with Crippen LogP contribution < -0.4 is 10.0 Å². The summed E-state index contributed by atoms with van der Waals surface area (Å²) in [6, 6.07) is 7.03. The van der Waals surface area contributed by atoms with Crippen LogP contribution in [0.15, 0.2) is 24.3 Å². The number of benzene rings is 1. The molecule has 0 aliphatic carbocycles. The molecule has 0 atom stereocenters. The molecule has 2 N–H and O–H groups in total. The minimum absolute atomic E-state index is 0.499. The van der Waals surface area contributed by atoms with Crippen LogP contribution in [0, 0.1) is 0 Å². The SMILES string of the molecule is Nc1ccccc1OCl. The first-order valence-corrected chi connectivity index (χ1v) is 2.78. The predicted octanol–water partition coefficient (Wildman–Crippen LogP) is 1.80. The molecule has 0 unspecified atom stereocenters. The first-order chi connectivity index (χ1) is 4.34. The highest BCUT2D eigenvalue weighted by molar-refractivity contribution is 6.09. The average molecular weight is 144 g/mol. The van der Waals surface area contributed by atoms with Crippen molar-refractivity contribution < 1.29 is 4.29 Å². The van der Waals surface area contributed by atoms with Gasteiger partial charge in [0.2, 0.25) is 0 Å². The summed E-state index contributed by atoms with van der Waals surface area (Å²) in [6.07, 6.45) is 0. The summed E-state index contributed by atoms with van der Waals surface area (Å²) in [4.78, 5) is 0. The monoisotopic (exact) mass is 143 g/mol. The molecule has 3 heteroatoms. The van der Waals surface area contributed by atoms with Crippen LogP contribution in [0.2, 0.25) is 0 Å². The molecule has 0 saturated heterocycles. The summed E-state index contributed by atoms with van der Waals surface area (Å²) in [6.45, 7) is 0. The Morgan fingerprint density at radius 1 is 1.33 bits per heavy atom. The number of halogens is 1. The third-order valence-electron chi connectivity index (χ3n) is 1.00. The molecular weight excluding hydrogens is 138 g/mol. The second-order valence-corrected chi connectivity index (χ2v) is 1.77. The standard InChI is InChI=1S/C6H6ClNO/c7-9-6-4-2-1-3-5(6)8/h1-4H,8H2. The molecule has 0 aliphatic heterocycles. The molecule has 2 nitrogen and oxygen atoms in total. The number of para-hydroxylation sites is 2. The van der Waals surface area contributed by atoms with E-state index in [9.17, 15) is 0 Å². The summed E-state index contributed by atoms with van der Waals surface area (Å²) in [7, 11) is 0. The van der Waals surface area contributed by atoms with Gasteiger partial charge in [0, 0.05) is 0 Å². The van der Waals surface area contributed by atoms with Crippen molar-refractivity contribution in [3.05, 3.63) is 24.3 Å². The summed E-state index contributed by atoms with van der Waals surface area (Å²) in [5.41, 5.74) is 5.97. The molecule has 9 heavy (non-hydrogen) atoms. The van der Waals surface area contributed by atoms with E-state index < -0.39 is 0 Å². The molecule has 0 spiro atoms. The van der Waals surface area contributed by atoms with E-state index in [0.29, 0.717) is 11.4 Å². The number of hydrogen-bond acceptors (Lipinski definition) is 2. The van der Waals surface area contributed by atoms with Crippen LogP contribution in [-0.2, 0) is 0 Å². The Kier molecular flexibility index (Phi) is 1.80. The number of anilines is 1. The number of nitrogen functional groups attached to an aromatic ring is 1. The fourth-order valence-electron chi connectivity index (χ4n) is 0.551. The van der Waals surface area contributed by atoms with Crippen molar-refractivity contribution in [2.75, 3.05) is 5.73 Å². The molecule has 1 aromatic rings. The van der Waals surface area contributed by atoms with E-state index in [1.807, 2.05) is 6.07 Å². The van der Waals surface area contributed by atoms with Gasteiger partial charge >= 0.3 is 0 Å². The van der Waals surface area contributed by atoms with Crippen LogP contribution in [-0.4, -0.2) is 0 Å². The molecule has 0 bridgehead atoms. The summed E-state index contributed by atoms with van der Waals surface area (Å²) in [5, 5.41) is 0. The van der Waals surface area contributed by atoms with Crippen molar-refractivity contribution in [2.24, 2.45) is 0 Å². The van der Waals surface area contributed by atoms with Gasteiger partial charge in [0.25, 0.3) is 0 Å². The Morgan fingerprint density at radius 3 is 2.44 bits per heavy atom. The zero-order valence-electron chi connectivity index (χ0n) is 4.67. The highest BCUT2D eigenvalue weighted by Crippen LogP contribution is 2.20. The predicted molar refractivity (Wildman–Crippen MR) is 37.3 cm³/mol. The lowest BCUT2D eigenvalue weighted by Gasteiger charge is -1.97. The zero-order valence-corrected chi connectivity index (χ0v) is 5.43. The normalized spacial score (nSPS) is 9.00. The second-order valence-electron chi connectivity index (χ2n) is 1.61. The molecule has 48 valence electrons. The smallest absolute Gasteiger partial charge is 0.169 e. The van der Waals surface area contributed by atoms with Crippen LogP contribution in [0.4, 0.5) is 5.69 Å². The minimum atomic E-state index is 0.499. The second kappa shape index (κ2) is 2.60. The van der Waals surface area contributed by atoms with Crippen LogP contribution in [0.25, 0.3) is 0 Å². The number of nitrogens with two attached hydrogens (primary N) is 1. The maximum atomic E-state index is 5.42. The van der Waals surface area contributed by atoms with Gasteiger partial charge in [-0.3, -0.25) is 0 Å². The van der Waals surface area contributed by atoms with Crippen molar-refractivity contribution in [1.29, 1.82) is 0 Å². The Labute approximate surface area is 58.4 Å². The van der Waals surface area contributed by atoms with Crippen molar-refractivity contribution in [3.8, 4) is 5.75 Å². The third kappa shape index (κ3) is 1.27. The van der Waals surface area contributed by atoms with E-state index >= 15 is 0 Å². The van der Waals surface area contributed by atoms with Gasteiger partial charge in [0.05, 0.1) is 5.69 Å². The van der Waals surface area contributed by atoms with Gasteiger partial charge in [-0.05, 0) is 12.1 Å². The van der Waals surface area contributed by atoms with E-state index in [1.54, 1.807) is 18.2 Å². The minimum Gasteiger partial charge on any atom is -0.396 e. The Morgan fingerprint density at radius 2 is 2.00 bits per heavy atom. The van der Waals surface area contributed by atoms with Gasteiger partial charge in [-0.2, -0.15) is 0 Å². The van der Waals surface area contributed by atoms with Crippen LogP contribution in [0.3, 0.4) is 0 Å². The molecule has 0 heterocycles. The molecule has 1 rings (SSSR count). The largest absolute Gasteiger partial charge is 0.396 e. The highest BCUT2D eigenvalue weighted by atomic mass is 35.5. The topological polar surface area (TPSA) is 35.2 Å². The van der Waals surface area contributed by atoms with Gasteiger partial charge in [-0.15, -0.1) is 0 Å². The summed E-state index contributed by atoms with van der Waals surface area (Å²) in [5.74, 6) is 0.499.